The lowest BCUT2D eigenvalue weighted by molar-refractivity contribution is 0.597. The summed E-state index contributed by atoms with van der Waals surface area (Å²) >= 11 is 11.9. The highest BCUT2D eigenvalue weighted by Crippen LogP contribution is 2.25. The lowest BCUT2D eigenvalue weighted by atomic mass is 10.1. The van der Waals surface area contributed by atoms with E-state index in [1.54, 1.807) is 31.2 Å². The Bertz CT molecular complexity index is 777. The number of primary sulfonamides is 1. The fraction of sp³-hybridized carbons (Fsp3) is 0.143. The summed E-state index contributed by atoms with van der Waals surface area (Å²) in [5.41, 5.74) is 2.12. The Kier molecular flexibility index (Phi) is 4.78. The maximum absolute atomic E-state index is 11.5. The summed E-state index contributed by atoms with van der Waals surface area (Å²) in [5, 5.41) is 9.45. The second-order valence-electron chi connectivity index (χ2n) is 4.56. The molecule has 0 aromatic heterocycles. The maximum Gasteiger partial charge on any atom is 0.238 e. The van der Waals surface area contributed by atoms with Crippen molar-refractivity contribution in [3.63, 3.8) is 0 Å². The van der Waals surface area contributed by atoms with Crippen LogP contribution < -0.4 is 10.5 Å². The summed E-state index contributed by atoms with van der Waals surface area (Å²) in [6, 6.07) is 10.1. The van der Waals surface area contributed by atoms with E-state index in [1.807, 2.05) is 6.07 Å². The second-order valence-corrected chi connectivity index (χ2v) is 6.94. The number of hydrogen-bond donors (Lipinski definition) is 2. The highest BCUT2D eigenvalue weighted by atomic mass is 35.5. The molecule has 3 N–H and O–H groups in total. The van der Waals surface area contributed by atoms with Crippen LogP contribution in [0.3, 0.4) is 0 Å². The molecule has 0 radical (unpaired) electrons. The van der Waals surface area contributed by atoms with Crippen molar-refractivity contribution >= 4 is 38.9 Å². The van der Waals surface area contributed by atoms with E-state index < -0.39 is 10.0 Å². The van der Waals surface area contributed by atoms with Gasteiger partial charge in [-0.25, -0.2) is 13.6 Å². The number of benzene rings is 2. The first-order valence-corrected chi connectivity index (χ1v) is 8.39. The summed E-state index contributed by atoms with van der Waals surface area (Å²) < 4.78 is 23.0. The molecule has 0 aliphatic heterocycles. The summed E-state index contributed by atoms with van der Waals surface area (Å²) in [7, 11) is -3.74. The van der Waals surface area contributed by atoms with Gasteiger partial charge in [-0.1, -0.05) is 35.3 Å². The number of sulfonamides is 1. The first-order chi connectivity index (χ1) is 9.79. The minimum absolute atomic E-state index is 0.106. The predicted octanol–water partition coefficient (Wildman–Crippen LogP) is 3.56. The molecule has 0 unspecified atom stereocenters. The monoisotopic (exact) mass is 344 g/mol. The van der Waals surface area contributed by atoms with Crippen LogP contribution in [0.2, 0.25) is 10.0 Å². The Balaban J connectivity index is 2.25. The highest BCUT2D eigenvalue weighted by molar-refractivity contribution is 7.89. The molecule has 112 valence electrons. The molecule has 2 rings (SSSR count). The van der Waals surface area contributed by atoms with Crippen LogP contribution in [0, 0.1) is 6.92 Å². The molecule has 0 bridgehead atoms. The zero-order chi connectivity index (χ0) is 15.6. The quantitative estimate of drug-likeness (QED) is 0.890. The standard InChI is InChI=1S/C14H14Cl2N2O2S/c1-9-13(3-2-4-14(9)21(17,19)20)18-8-10-5-6-11(15)7-12(10)16/h2-7,18H,8H2,1H3,(H2,17,19,20). The Labute approximate surface area is 133 Å². The van der Waals surface area contributed by atoms with Crippen molar-refractivity contribution in [1.29, 1.82) is 0 Å². The first kappa shape index (κ1) is 16.1. The van der Waals surface area contributed by atoms with E-state index in [0.29, 0.717) is 27.8 Å². The topological polar surface area (TPSA) is 72.2 Å². The van der Waals surface area contributed by atoms with Crippen LogP contribution in [0.15, 0.2) is 41.3 Å². The number of nitrogens with two attached hydrogens (primary N) is 1. The van der Waals surface area contributed by atoms with E-state index in [1.165, 1.54) is 6.07 Å². The molecular weight excluding hydrogens is 331 g/mol. The average Bonchev–Trinajstić information content (AvgIpc) is 2.38. The largest absolute Gasteiger partial charge is 0.381 e. The molecule has 4 nitrogen and oxygen atoms in total. The third-order valence-corrected chi connectivity index (χ3v) is 4.72. The van der Waals surface area contributed by atoms with Gasteiger partial charge in [0.2, 0.25) is 10.0 Å². The van der Waals surface area contributed by atoms with Gasteiger partial charge in [0.05, 0.1) is 4.90 Å². The normalized spacial score (nSPS) is 11.4. The third kappa shape index (κ3) is 3.89. The van der Waals surface area contributed by atoms with Crippen LogP contribution in [-0.4, -0.2) is 8.42 Å². The minimum atomic E-state index is -3.74. The predicted molar refractivity (Wildman–Crippen MR) is 86.3 cm³/mol. The van der Waals surface area contributed by atoms with Gasteiger partial charge in [-0.15, -0.1) is 0 Å². The lowest BCUT2D eigenvalue weighted by Gasteiger charge is -2.13. The molecule has 2 aromatic carbocycles. The zero-order valence-electron chi connectivity index (χ0n) is 11.2. The zero-order valence-corrected chi connectivity index (χ0v) is 13.6. The van der Waals surface area contributed by atoms with Gasteiger partial charge in [0, 0.05) is 22.3 Å². The molecule has 21 heavy (non-hydrogen) atoms. The van der Waals surface area contributed by atoms with Crippen LogP contribution >= 0.6 is 23.2 Å². The summed E-state index contributed by atoms with van der Waals surface area (Å²) in [6.45, 7) is 2.15. The Morgan fingerprint density at radius 2 is 1.90 bits per heavy atom. The van der Waals surface area contributed by atoms with E-state index in [4.69, 9.17) is 28.3 Å². The van der Waals surface area contributed by atoms with Gasteiger partial charge in [-0.3, -0.25) is 0 Å². The maximum atomic E-state index is 11.5. The van der Waals surface area contributed by atoms with E-state index in [2.05, 4.69) is 5.32 Å². The summed E-state index contributed by atoms with van der Waals surface area (Å²) in [6.07, 6.45) is 0. The smallest absolute Gasteiger partial charge is 0.238 e. The molecule has 0 saturated carbocycles. The molecule has 2 aromatic rings. The van der Waals surface area contributed by atoms with Crippen LogP contribution in [0.1, 0.15) is 11.1 Å². The number of halogens is 2. The van der Waals surface area contributed by atoms with Crippen LogP contribution in [-0.2, 0) is 16.6 Å². The Morgan fingerprint density at radius 1 is 1.19 bits per heavy atom. The van der Waals surface area contributed by atoms with Gasteiger partial charge >= 0.3 is 0 Å². The van der Waals surface area contributed by atoms with Crippen molar-refractivity contribution < 1.29 is 8.42 Å². The van der Waals surface area contributed by atoms with Gasteiger partial charge in [0.25, 0.3) is 0 Å². The van der Waals surface area contributed by atoms with E-state index in [9.17, 15) is 8.42 Å². The lowest BCUT2D eigenvalue weighted by Crippen LogP contribution is -2.14. The van der Waals surface area contributed by atoms with Crippen molar-refractivity contribution in [2.45, 2.75) is 18.4 Å². The Morgan fingerprint density at radius 3 is 2.52 bits per heavy atom. The van der Waals surface area contributed by atoms with Crippen LogP contribution in [0.5, 0.6) is 0 Å². The van der Waals surface area contributed by atoms with Gasteiger partial charge in [-0.05, 0) is 42.3 Å². The molecule has 7 heteroatoms. The highest BCUT2D eigenvalue weighted by Gasteiger charge is 2.13. The summed E-state index contributed by atoms with van der Waals surface area (Å²) in [5.74, 6) is 0. The van der Waals surface area contributed by atoms with Crippen molar-refractivity contribution in [3.8, 4) is 0 Å². The molecule has 0 aliphatic carbocycles. The molecule has 0 spiro atoms. The molecule has 0 amide bonds. The van der Waals surface area contributed by atoms with Crippen LogP contribution in [0.25, 0.3) is 0 Å². The van der Waals surface area contributed by atoms with Crippen molar-refractivity contribution in [3.05, 3.63) is 57.6 Å². The molecule has 0 aliphatic rings. The van der Waals surface area contributed by atoms with Crippen LogP contribution in [0.4, 0.5) is 5.69 Å². The third-order valence-electron chi connectivity index (χ3n) is 3.08. The fourth-order valence-electron chi connectivity index (χ4n) is 1.97. The van der Waals surface area contributed by atoms with Gasteiger partial charge in [0.1, 0.15) is 0 Å². The first-order valence-electron chi connectivity index (χ1n) is 6.09. The van der Waals surface area contributed by atoms with Crippen molar-refractivity contribution in [2.24, 2.45) is 5.14 Å². The average molecular weight is 345 g/mol. The number of nitrogens with one attached hydrogen (secondary N) is 1. The molecule has 0 heterocycles. The van der Waals surface area contributed by atoms with Gasteiger partial charge < -0.3 is 5.32 Å². The SMILES string of the molecule is Cc1c(NCc2ccc(Cl)cc2Cl)cccc1S(N)(=O)=O. The fourth-order valence-corrected chi connectivity index (χ4v) is 3.25. The van der Waals surface area contributed by atoms with E-state index in [0.717, 1.165) is 5.56 Å². The Hall–Kier alpha value is -1.27. The summed E-state index contributed by atoms with van der Waals surface area (Å²) in [4.78, 5) is 0.106. The number of rotatable bonds is 4. The number of hydrogen-bond acceptors (Lipinski definition) is 3. The number of anilines is 1. The van der Waals surface area contributed by atoms with Gasteiger partial charge in [0.15, 0.2) is 0 Å². The molecular formula is C14H14Cl2N2O2S. The molecule has 0 atom stereocenters. The molecule has 0 fully saturated rings. The minimum Gasteiger partial charge on any atom is -0.381 e. The van der Waals surface area contributed by atoms with Crippen molar-refractivity contribution in [2.75, 3.05) is 5.32 Å². The van der Waals surface area contributed by atoms with E-state index in [-0.39, 0.29) is 4.90 Å². The van der Waals surface area contributed by atoms with Crippen molar-refractivity contribution in [1.82, 2.24) is 0 Å². The van der Waals surface area contributed by atoms with Gasteiger partial charge in [-0.2, -0.15) is 0 Å². The van der Waals surface area contributed by atoms with E-state index >= 15 is 0 Å². The second kappa shape index (κ2) is 6.23. The molecule has 0 saturated heterocycles.